The van der Waals surface area contributed by atoms with Crippen molar-refractivity contribution in [2.75, 3.05) is 0 Å². The minimum atomic E-state index is -0.937. The van der Waals surface area contributed by atoms with Gasteiger partial charge in [-0.1, -0.05) is 6.07 Å². The monoisotopic (exact) mass is 256 g/mol. The highest BCUT2D eigenvalue weighted by molar-refractivity contribution is 7.09. The van der Waals surface area contributed by atoms with Gasteiger partial charge in [0.15, 0.2) is 0 Å². The molecule has 0 radical (unpaired) electrons. The zero-order chi connectivity index (χ0) is 12.9. The fraction of sp³-hybridized carbons (Fsp3) is 0.455. The summed E-state index contributed by atoms with van der Waals surface area (Å²) in [5.41, 5.74) is -0.759. The third-order valence-corrected chi connectivity index (χ3v) is 2.92. The van der Waals surface area contributed by atoms with E-state index in [-0.39, 0.29) is 12.5 Å². The van der Waals surface area contributed by atoms with Crippen molar-refractivity contribution in [1.82, 2.24) is 10.6 Å². The van der Waals surface area contributed by atoms with Crippen LogP contribution in [0, 0.1) is 0 Å². The number of carbonyl (C=O) groups excluding carboxylic acids is 1. The van der Waals surface area contributed by atoms with Gasteiger partial charge in [-0.05, 0) is 25.3 Å². The van der Waals surface area contributed by atoms with Crippen molar-refractivity contribution >= 4 is 23.3 Å². The highest BCUT2D eigenvalue weighted by atomic mass is 32.1. The van der Waals surface area contributed by atoms with Gasteiger partial charge in [-0.2, -0.15) is 0 Å². The van der Waals surface area contributed by atoms with Gasteiger partial charge in [0.25, 0.3) is 0 Å². The molecular formula is C11H16N2O3S. The first-order chi connectivity index (χ1) is 7.89. The molecule has 0 aliphatic heterocycles. The number of amides is 2. The van der Waals surface area contributed by atoms with Gasteiger partial charge in [-0.3, -0.25) is 4.79 Å². The summed E-state index contributed by atoms with van der Waals surface area (Å²) in [6, 6.07) is 3.48. The van der Waals surface area contributed by atoms with Crippen LogP contribution in [0.15, 0.2) is 17.5 Å². The predicted molar refractivity (Wildman–Crippen MR) is 66.0 cm³/mol. The molecule has 0 saturated carbocycles. The lowest BCUT2D eigenvalue weighted by Gasteiger charge is -2.24. The van der Waals surface area contributed by atoms with E-state index in [4.69, 9.17) is 5.11 Å². The highest BCUT2D eigenvalue weighted by Gasteiger charge is 2.23. The van der Waals surface area contributed by atoms with Gasteiger partial charge in [0.05, 0.1) is 13.0 Å². The molecule has 0 aliphatic rings. The lowest BCUT2D eigenvalue weighted by atomic mass is 10.0. The summed E-state index contributed by atoms with van der Waals surface area (Å²) in [5.74, 6) is -0.937. The Hall–Kier alpha value is -1.56. The van der Waals surface area contributed by atoms with Crippen LogP contribution in [0.5, 0.6) is 0 Å². The van der Waals surface area contributed by atoms with Crippen LogP contribution in [0.25, 0.3) is 0 Å². The Morgan fingerprint density at radius 2 is 2.18 bits per heavy atom. The molecule has 1 rings (SSSR count). The van der Waals surface area contributed by atoms with Gasteiger partial charge in [0, 0.05) is 10.4 Å². The molecule has 1 heterocycles. The van der Waals surface area contributed by atoms with Gasteiger partial charge in [0.1, 0.15) is 0 Å². The maximum Gasteiger partial charge on any atom is 0.315 e. The number of hydrogen-bond donors (Lipinski definition) is 3. The van der Waals surface area contributed by atoms with Gasteiger partial charge in [-0.25, -0.2) is 4.79 Å². The molecular weight excluding hydrogens is 240 g/mol. The standard InChI is InChI=1S/C11H16N2O3S/c1-11(2,6-9(14)15)13-10(16)12-7-8-4-3-5-17-8/h3-5H,6-7H2,1-2H3,(H,14,15)(H2,12,13,16). The number of rotatable bonds is 5. The van der Waals surface area contributed by atoms with Crippen LogP contribution in [-0.4, -0.2) is 22.6 Å². The average molecular weight is 256 g/mol. The topological polar surface area (TPSA) is 78.4 Å². The van der Waals surface area contributed by atoms with Crippen molar-refractivity contribution in [2.45, 2.75) is 32.4 Å². The second-order valence-electron chi connectivity index (χ2n) is 4.34. The molecule has 1 aromatic rings. The molecule has 0 fully saturated rings. The van der Waals surface area contributed by atoms with E-state index < -0.39 is 11.5 Å². The quantitative estimate of drug-likeness (QED) is 0.751. The van der Waals surface area contributed by atoms with E-state index in [2.05, 4.69) is 10.6 Å². The Balaban J connectivity index is 2.36. The van der Waals surface area contributed by atoms with E-state index >= 15 is 0 Å². The minimum absolute atomic E-state index is 0.112. The van der Waals surface area contributed by atoms with Gasteiger partial charge in [-0.15, -0.1) is 11.3 Å². The summed E-state index contributed by atoms with van der Waals surface area (Å²) >= 11 is 1.56. The Bertz CT molecular complexity index is 387. The molecule has 0 spiro atoms. The van der Waals surface area contributed by atoms with Crippen molar-refractivity contribution in [3.8, 4) is 0 Å². The van der Waals surface area contributed by atoms with E-state index in [0.717, 1.165) is 4.88 Å². The fourth-order valence-electron chi connectivity index (χ4n) is 1.35. The van der Waals surface area contributed by atoms with Crippen molar-refractivity contribution < 1.29 is 14.7 Å². The maximum atomic E-state index is 11.5. The number of urea groups is 1. The van der Waals surface area contributed by atoms with Gasteiger partial charge >= 0.3 is 12.0 Å². The molecule has 0 bridgehead atoms. The molecule has 0 atom stereocenters. The number of carbonyl (C=O) groups is 2. The average Bonchev–Trinajstić information content (AvgIpc) is 2.63. The largest absolute Gasteiger partial charge is 0.481 e. The lowest BCUT2D eigenvalue weighted by Crippen LogP contribution is -2.49. The summed E-state index contributed by atoms with van der Waals surface area (Å²) < 4.78 is 0. The Kier molecular flexibility index (Phi) is 4.51. The molecule has 3 N–H and O–H groups in total. The molecule has 0 aromatic carbocycles. The first kappa shape index (κ1) is 13.5. The second kappa shape index (κ2) is 5.67. The zero-order valence-corrected chi connectivity index (χ0v) is 10.6. The van der Waals surface area contributed by atoms with Crippen LogP contribution in [0.4, 0.5) is 4.79 Å². The van der Waals surface area contributed by atoms with E-state index in [1.54, 1.807) is 25.2 Å². The SMILES string of the molecule is CC(C)(CC(=O)O)NC(=O)NCc1cccs1. The summed E-state index contributed by atoms with van der Waals surface area (Å²) in [6.45, 7) is 3.80. The van der Waals surface area contributed by atoms with Crippen LogP contribution < -0.4 is 10.6 Å². The van der Waals surface area contributed by atoms with Gasteiger partial charge in [0.2, 0.25) is 0 Å². The van der Waals surface area contributed by atoms with Crippen LogP contribution in [0.3, 0.4) is 0 Å². The zero-order valence-electron chi connectivity index (χ0n) is 9.82. The molecule has 0 saturated heterocycles. The minimum Gasteiger partial charge on any atom is -0.481 e. The molecule has 2 amide bonds. The normalized spacial score (nSPS) is 10.9. The van der Waals surface area contributed by atoms with Crippen LogP contribution >= 0.6 is 11.3 Å². The highest BCUT2D eigenvalue weighted by Crippen LogP contribution is 2.09. The first-order valence-electron chi connectivity index (χ1n) is 5.19. The van der Waals surface area contributed by atoms with E-state index in [0.29, 0.717) is 6.54 Å². The van der Waals surface area contributed by atoms with Crippen molar-refractivity contribution in [3.63, 3.8) is 0 Å². The summed E-state index contributed by atoms with van der Waals surface area (Å²) in [5, 5.41) is 15.9. The first-order valence-corrected chi connectivity index (χ1v) is 6.07. The summed E-state index contributed by atoms with van der Waals surface area (Å²) in [4.78, 5) is 23.1. The van der Waals surface area contributed by atoms with E-state index in [1.165, 1.54) is 0 Å². The number of hydrogen-bond acceptors (Lipinski definition) is 3. The lowest BCUT2D eigenvalue weighted by molar-refractivity contribution is -0.138. The molecule has 0 unspecified atom stereocenters. The number of aliphatic carboxylic acids is 1. The molecule has 94 valence electrons. The van der Waals surface area contributed by atoms with Crippen molar-refractivity contribution in [2.24, 2.45) is 0 Å². The summed E-state index contributed by atoms with van der Waals surface area (Å²) in [7, 11) is 0. The molecule has 5 nitrogen and oxygen atoms in total. The molecule has 6 heteroatoms. The van der Waals surface area contributed by atoms with E-state index in [9.17, 15) is 9.59 Å². The summed E-state index contributed by atoms with van der Waals surface area (Å²) in [6.07, 6.45) is -0.112. The molecule has 17 heavy (non-hydrogen) atoms. The number of carboxylic acid groups (broad SMARTS) is 1. The molecule has 1 aromatic heterocycles. The predicted octanol–water partition coefficient (Wildman–Crippen LogP) is 1.80. The Morgan fingerprint density at radius 1 is 1.47 bits per heavy atom. The third kappa shape index (κ3) is 5.35. The smallest absolute Gasteiger partial charge is 0.315 e. The fourth-order valence-corrected chi connectivity index (χ4v) is 2.00. The van der Waals surface area contributed by atoms with Crippen LogP contribution in [0.1, 0.15) is 25.1 Å². The number of nitrogens with one attached hydrogen (secondary N) is 2. The van der Waals surface area contributed by atoms with Crippen LogP contribution in [-0.2, 0) is 11.3 Å². The Labute approximate surface area is 104 Å². The second-order valence-corrected chi connectivity index (χ2v) is 5.37. The van der Waals surface area contributed by atoms with Crippen molar-refractivity contribution in [1.29, 1.82) is 0 Å². The Morgan fingerprint density at radius 3 is 2.71 bits per heavy atom. The maximum absolute atomic E-state index is 11.5. The van der Waals surface area contributed by atoms with Crippen LogP contribution in [0.2, 0.25) is 0 Å². The third-order valence-electron chi connectivity index (χ3n) is 2.05. The van der Waals surface area contributed by atoms with E-state index in [1.807, 2.05) is 17.5 Å². The van der Waals surface area contributed by atoms with Crippen molar-refractivity contribution in [3.05, 3.63) is 22.4 Å². The molecule has 0 aliphatic carbocycles. The number of thiophene rings is 1. The van der Waals surface area contributed by atoms with Gasteiger partial charge < -0.3 is 15.7 Å². The number of carboxylic acids is 1.